The second kappa shape index (κ2) is 14.7. The van der Waals surface area contributed by atoms with Gasteiger partial charge in [0.1, 0.15) is 22.9 Å². The highest BCUT2D eigenvalue weighted by Crippen LogP contribution is 2.40. The molecule has 2 amide bonds. The number of fused-ring (bicyclic) bond motifs is 1. The molecule has 9 nitrogen and oxygen atoms in total. The number of rotatable bonds is 9. The summed E-state index contributed by atoms with van der Waals surface area (Å²) in [7, 11) is 1.47. The van der Waals surface area contributed by atoms with Crippen LogP contribution < -0.4 is 15.4 Å². The van der Waals surface area contributed by atoms with Crippen LogP contribution >= 0.6 is 11.8 Å². The highest BCUT2D eigenvalue weighted by atomic mass is 32.2. The number of carboxylic acid groups (broad SMARTS) is 1. The van der Waals surface area contributed by atoms with Gasteiger partial charge in [-0.25, -0.2) is 4.79 Å². The number of nitrogens with zero attached hydrogens (tertiary/aromatic N) is 1. The fraction of sp³-hybridized carbons (Fsp3) is 0.621. The maximum Gasteiger partial charge on any atom is 0.352 e. The zero-order valence-corrected chi connectivity index (χ0v) is 23.5. The van der Waals surface area contributed by atoms with Crippen LogP contribution in [0.3, 0.4) is 0 Å². The first-order valence-corrected chi connectivity index (χ1v) is 15.1. The molecule has 2 saturated carbocycles. The highest BCUT2D eigenvalue weighted by molar-refractivity contribution is 8.00. The van der Waals surface area contributed by atoms with Gasteiger partial charge in [0.25, 0.3) is 11.8 Å². The maximum absolute atomic E-state index is 12.4. The van der Waals surface area contributed by atoms with Gasteiger partial charge in [0, 0.05) is 24.9 Å². The van der Waals surface area contributed by atoms with Gasteiger partial charge in [-0.05, 0) is 43.4 Å². The largest absolute Gasteiger partial charge is 0.484 e. The van der Waals surface area contributed by atoms with Crippen molar-refractivity contribution in [2.45, 2.75) is 87.7 Å². The lowest BCUT2D eigenvalue weighted by Gasteiger charge is -2.49. The monoisotopic (exact) mass is 559 g/mol. The molecule has 3 N–H and O–H groups in total. The summed E-state index contributed by atoms with van der Waals surface area (Å²) in [5.41, 5.74) is 0.499. The number of nitrogens with one attached hydrogen (secondary N) is 2. The van der Waals surface area contributed by atoms with E-state index in [-0.39, 0.29) is 18.9 Å². The van der Waals surface area contributed by atoms with E-state index in [1.165, 1.54) is 88.0 Å². The molecule has 39 heavy (non-hydrogen) atoms. The lowest BCUT2D eigenvalue weighted by Crippen LogP contribution is -2.71. The van der Waals surface area contributed by atoms with Gasteiger partial charge in [-0.1, -0.05) is 56.7 Å². The van der Waals surface area contributed by atoms with E-state index in [1.54, 1.807) is 24.3 Å². The van der Waals surface area contributed by atoms with Crippen molar-refractivity contribution in [2.75, 3.05) is 26.1 Å². The van der Waals surface area contributed by atoms with Crippen LogP contribution in [0.5, 0.6) is 5.75 Å². The van der Waals surface area contributed by atoms with Crippen molar-refractivity contribution in [3.8, 4) is 5.75 Å². The Morgan fingerprint density at radius 2 is 1.62 bits per heavy atom. The fourth-order valence-corrected chi connectivity index (χ4v) is 7.05. The molecule has 1 aromatic rings. The summed E-state index contributed by atoms with van der Waals surface area (Å²) in [6.45, 7) is -0.0746. The normalized spacial score (nSPS) is 23.7. The smallest absolute Gasteiger partial charge is 0.352 e. The van der Waals surface area contributed by atoms with Gasteiger partial charge in [-0.3, -0.25) is 14.5 Å². The number of benzene rings is 1. The molecular formula is C29H41N3O6S. The number of carbonyl (C=O) groups excluding carboxylic acids is 2. The lowest BCUT2D eigenvalue weighted by molar-refractivity contribution is -0.151. The third kappa shape index (κ3) is 7.99. The molecule has 5 rings (SSSR count). The van der Waals surface area contributed by atoms with Crippen molar-refractivity contribution in [2.24, 2.45) is 0 Å². The molecule has 0 bridgehead atoms. The minimum atomic E-state index is -1.17. The standard InChI is InChI=1S/C17H18N2O6S.C12H23N/c1-24-7-10-9-26-16-13(15(21)19(16)14(10)17(22)23)18-12(20)8-25-11-5-3-2-4-6-11;1-3-7-11(8-4-1)13-12-9-5-2-6-10-12/h2-6,13,16H,7-9H2,1H3,(H,18,20)(H,22,23);11-13H,1-10H2/t13?,16-;/m1./s1. The molecule has 2 heterocycles. The van der Waals surface area contributed by atoms with Gasteiger partial charge in [0.15, 0.2) is 6.61 Å². The number of hydrogen-bond donors (Lipinski definition) is 3. The average molecular weight is 560 g/mol. The van der Waals surface area contributed by atoms with E-state index >= 15 is 0 Å². The Labute approximate surface area is 235 Å². The Bertz CT molecular complexity index is 992. The van der Waals surface area contributed by atoms with Crippen molar-refractivity contribution < 1.29 is 29.0 Å². The molecule has 10 heteroatoms. The average Bonchev–Trinajstić information content (AvgIpc) is 2.96. The Kier molecular flexibility index (Phi) is 11.1. The number of aliphatic carboxylic acids is 1. The second-order valence-electron chi connectivity index (χ2n) is 10.6. The zero-order chi connectivity index (χ0) is 27.6. The molecule has 214 valence electrons. The first-order chi connectivity index (χ1) is 19.0. The molecule has 4 aliphatic rings. The van der Waals surface area contributed by atoms with Crippen molar-refractivity contribution in [3.63, 3.8) is 0 Å². The molecular weight excluding hydrogens is 518 g/mol. The first-order valence-electron chi connectivity index (χ1n) is 14.1. The quantitative estimate of drug-likeness (QED) is 0.392. The highest BCUT2D eigenvalue weighted by Gasteiger charge is 2.54. The molecule has 3 fully saturated rings. The van der Waals surface area contributed by atoms with Crippen molar-refractivity contribution in [1.82, 2.24) is 15.5 Å². The number of amides is 2. The number of ether oxygens (including phenoxy) is 2. The molecule has 2 aliphatic heterocycles. The first kappa shape index (κ1) is 29.4. The number of carboxylic acids is 1. The molecule has 1 aromatic carbocycles. The summed E-state index contributed by atoms with van der Waals surface area (Å²) in [5, 5.41) is 15.5. The summed E-state index contributed by atoms with van der Waals surface area (Å²) >= 11 is 1.40. The van der Waals surface area contributed by atoms with Gasteiger partial charge in [-0.2, -0.15) is 0 Å². The summed E-state index contributed by atoms with van der Waals surface area (Å²) in [6, 6.07) is 9.84. The van der Waals surface area contributed by atoms with E-state index in [0.717, 1.165) is 12.1 Å². The van der Waals surface area contributed by atoms with E-state index < -0.39 is 29.2 Å². The minimum Gasteiger partial charge on any atom is -0.484 e. The molecule has 1 unspecified atom stereocenters. The van der Waals surface area contributed by atoms with Gasteiger partial charge >= 0.3 is 5.97 Å². The number of methoxy groups -OCH3 is 1. The van der Waals surface area contributed by atoms with E-state index in [1.807, 2.05) is 6.07 Å². The van der Waals surface area contributed by atoms with Crippen molar-refractivity contribution >= 4 is 29.5 Å². The predicted octanol–water partition coefficient (Wildman–Crippen LogP) is 3.69. The lowest BCUT2D eigenvalue weighted by atomic mass is 9.91. The fourth-order valence-electron chi connectivity index (χ4n) is 5.72. The molecule has 0 aromatic heterocycles. The number of hydrogen-bond acceptors (Lipinski definition) is 7. The van der Waals surface area contributed by atoms with E-state index in [2.05, 4.69) is 10.6 Å². The summed E-state index contributed by atoms with van der Waals surface area (Å²) in [4.78, 5) is 37.2. The zero-order valence-electron chi connectivity index (χ0n) is 22.7. The van der Waals surface area contributed by atoms with Gasteiger partial charge < -0.3 is 25.2 Å². The van der Waals surface area contributed by atoms with Crippen LogP contribution in [0.25, 0.3) is 0 Å². The van der Waals surface area contributed by atoms with E-state index in [9.17, 15) is 19.5 Å². The van der Waals surface area contributed by atoms with Gasteiger partial charge in [-0.15, -0.1) is 11.8 Å². The van der Waals surface area contributed by atoms with Crippen LogP contribution in [-0.4, -0.2) is 77.4 Å². The Morgan fingerprint density at radius 1 is 1.00 bits per heavy atom. The summed E-state index contributed by atoms with van der Waals surface area (Å²) in [6.07, 6.45) is 14.6. The number of thioether (sulfide) groups is 1. The van der Waals surface area contributed by atoms with Crippen LogP contribution in [0.1, 0.15) is 64.2 Å². The topological polar surface area (TPSA) is 117 Å². The van der Waals surface area contributed by atoms with Crippen LogP contribution in [0.4, 0.5) is 0 Å². The van der Waals surface area contributed by atoms with Crippen LogP contribution in [0.15, 0.2) is 41.6 Å². The van der Waals surface area contributed by atoms with E-state index in [0.29, 0.717) is 17.1 Å². The maximum atomic E-state index is 12.4. The Morgan fingerprint density at radius 3 is 2.18 bits per heavy atom. The van der Waals surface area contributed by atoms with Crippen LogP contribution in [-0.2, 0) is 19.1 Å². The Hall–Kier alpha value is -2.56. The van der Waals surface area contributed by atoms with Crippen LogP contribution in [0.2, 0.25) is 0 Å². The van der Waals surface area contributed by atoms with Crippen molar-refractivity contribution in [3.05, 3.63) is 41.6 Å². The number of para-hydroxylation sites is 1. The molecule has 0 radical (unpaired) electrons. The second-order valence-corrected chi connectivity index (χ2v) is 11.7. The third-order valence-electron chi connectivity index (χ3n) is 7.68. The van der Waals surface area contributed by atoms with Crippen LogP contribution in [0, 0.1) is 0 Å². The number of β-lactam (4-membered cyclic amide) rings is 1. The molecule has 2 atom stereocenters. The molecule has 0 spiro atoms. The summed E-state index contributed by atoms with van der Waals surface area (Å²) in [5.74, 6) is -1.07. The molecule has 2 aliphatic carbocycles. The van der Waals surface area contributed by atoms with Gasteiger partial charge in [0.05, 0.1) is 6.61 Å². The minimum absolute atomic E-state index is 0.0494. The summed E-state index contributed by atoms with van der Waals surface area (Å²) < 4.78 is 10.4. The van der Waals surface area contributed by atoms with Crippen molar-refractivity contribution in [1.29, 1.82) is 0 Å². The van der Waals surface area contributed by atoms with E-state index in [4.69, 9.17) is 9.47 Å². The predicted molar refractivity (Wildman–Crippen MR) is 150 cm³/mol. The number of carbonyl (C=O) groups is 3. The van der Waals surface area contributed by atoms with Gasteiger partial charge in [0.2, 0.25) is 0 Å². The SMILES string of the molecule is C1CCC(NC2CCCCC2)CC1.COCC1=C(C(=O)O)N2C(=O)C(NC(=O)COc3ccccc3)[C@H]2SC1. The molecule has 1 saturated heterocycles. The Balaban J connectivity index is 0.000000226. The third-order valence-corrected chi connectivity index (χ3v) is 9.02.